The first-order valence-electron chi connectivity index (χ1n) is 6.17. The fraction of sp³-hybridized carbons (Fsp3) is 0.154. The van der Waals surface area contributed by atoms with Crippen molar-refractivity contribution in [2.24, 2.45) is 0 Å². The van der Waals surface area contributed by atoms with Gasteiger partial charge in [-0.05, 0) is 25.1 Å². The summed E-state index contributed by atoms with van der Waals surface area (Å²) in [5.74, 6) is 0.754. The topological polar surface area (TPSA) is 82.8 Å². The van der Waals surface area contributed by atoms with Crippen LogP contribution in [0.3, 0.4) is 0 Å². The molecule has 0 amide bonds. The van der Waals surface area contributed by atoms with Gasteiger partial charge >= 0.3 is 6.18 Å². The minimum atomic E-state index is -4.53. The van der Waals surface area contributed by atoms with Gasteiger partial charge in [-0.15, -0.1) is 0 Å². The number of halogens is 3. The molecule has 0 aromatic carbocycles. The molecule has 9 heteroatoms. The number of aryl methyl sites for hydroxylation is 1. The molecule has 0 aliphatic carbocycles. The van der Waals surface area contributed by atoms with Gasteiger partial charge in [0, 0.05) is 11.8 Å². The van der Waals surface area contributed by atoms with Crippen LogP contribution in [0.25, 0.3) is 17.4 Å². The molecule has 0 atom stereocenters. The Balaban J connectivity index is 2.11. The molecule has 0 aliphatic heterocycles. The molecule has 0 radical (unpaired) electrons. The third-order valence-electron chi connectivity index (χ3n) is 2.87. The summed E-state index contributed by atoms with van der Waals surface area (Å²) in [7, 11) is 0. The van der Waals surface area contributed by atoms with E-state index >= 15 is 0 Å². The predicted octanol–water partition coefficient (Wildman–Crippen LogP) is 2.83. The number of nitrogens with zero attached hydrogens (tertiary/aromatic N) is 4. The van der Waals surface area contributed by atoms with Crippen molar-refractivity contribution in [1.82, 2.24) is 19.7 Å². The molecule has 3 heterocycles. The van der Waals surface area contributed by atoms with E-state index in [2.05, 4.69) is 15.1 Å². The second-order valence-corrected chi connectivity index (χ2v) is 4.53. The lowest BCUT2D eigenvalue weighted by Crippen LogP contribution is -2.09. The Labute approximate surface area is 122 Å². The largest absolute Gasteiger partial charge is 0.461 e. The zero-order valence-electron chi connectivity index (χ0n) is 11.3. The molecule has 0 bridgehead atoms. The zero-order valence-corrected chi connectivity index (χ0v) is 11.3. The van der Waals surface area contributed by atoms with Gasteiger partial charge in [0.15, 0.2) is 23.1 Å². The molecule has 0 saturated heterocycles. The maximum Gasteiger partial charge on any atom is 0.435 e. The van der Waals surface area contributed by atoms with Crippen LogP contribution in [0, 0.1) is 6.92 Å². The first-order chi connectivity index (χ1) is 10.3. The average molecular weight is 309 g/mol. The summed E-state index contributed by atoms with van der Waals surface area (Å²) in [6.07, 6.45) is -3.10. The summed E-state index contributed by atoms with van der Waals surface area (Å²) in [4.78, 5) is 8.15. The van der Waals surface area contributed by atoms with Gasteiger partial charge in [0.25, 0.3) is 0 Å². The summed E-state index contributed by atoms with van der Waals surface area (Å²) in [5.41, 5.74) is 4.96. The van der Waals surface area contributed by atoms with Gasteiger partial charge in [0.2, 0.25) is 0 Å². The van der Waals surface area contributed by atoms with E-state index in [0.717, 1.165) is 10.7 Å². The summed E-state index contributed by atoms with van der Waals surface area (Å²) < 4.78 is 44.4. The predicted molar refractivity (Wildman–Crippen MR) is 71.0 cm³/mol. The van der Waals surface area contributed by atoms with Gasteiger partial charge < -0.3 is 10.2 Å². The number of nitrogens with two attached hydrogens (primary N) is 1. The molecule has 0 saturated carbocycles. The van der Waals surface area contributed by atoms with Crippen LogP contribution in [0.15, 0.2) is 34.9 Å². The van der Waals surface area contributed by atoms with Crippen LogP contribution in [0.2, 0.25) is 0 Å². The van der Waals surface area contributed by atoms with E-state index in [0.29, 0.717) is 5.76 Å². The van der Waals surface area contributed by atoms with Crippen LogP contribution in [0.5, 0.6) is 0 Å². The lowest BCUT2D eigenvalue weighted by Gasteiger charge is -2.06. The van der Waals surface area contributed by atoms with Crippen molar-refractivity contribution in [3.05, 3.63) is 41.9 Å². The molecule has 0 spiro atoms. The van der Waals surface area contributed by atoms with Crippen LogP contribution in [0.4, 0.5) is 19.0 Å². The lowest BCUT2D eigenvalue weighted by molar-refractivity contribution is -0.141. The fourth-order valence-electron chi connectivity index (χ4n) is 1.92. The van der Waals surface area contributed by atoms with E-state index in [9.17, 15) is 13.2 Å². The fourth-order valence-corrected chi connectivity index (χ4v) is 1.92. The third-order valence-corrected chi connectivity index (χ3v) is 2.87. The minimum absolute atomic E-state index is 0.0971. The Bertz CT molecular complexity index is 808. The quantitative estimate of drug-likeness (QED) is 0.787. The molecule has 2 N–H and O–H groups in total. The Kier molecular flexibility index (Phi) is 3.12. The standard InChI is InChI=1S/C13H10F3N5O/c1-7-5-9(13(14,15)16)20-21(7)11-6-10(17)18-12(19-11)8-3-2-4-22-8/h2-6H,1H3,(H2,17,18,19). The molecule has 3 aromatic rings. The number of nitrogen functional groups attached to an aromatic ring is 1. The molecular formula is C13H10F3N5O. The number of hydrogen-bond acceptors (Lipinski definition) is 5. The lowest BCUT2D eigenvalue weighted by atomic mass is 10.3. The number of aromatic nitrogens is 4. The molecule has 0 fully saturated rings. The van der Waals surface area contributed by atoms with Crippen LogP contribution in [-0.4, -0.2) is 19.7 Å². The summed E-state index contributed by atoms with van der Waals surface area (Å²) in [5, 5.41) is 3.53. The Morgan fingerprint density at radius 3 is 2.59 bits per heavy atom. The van der Waals surface area contributed by atoms with Crippen LogP contribution >= 0.6 is 0 Å². The van der Waals surface area contributed by atoms with Gasteiger partial charge in [-0.1, -0.05) is 0 Å². The van der Waals surface area contributed by atoms with Gasteiger partial charge in [-0.3, -0.25) is 0 Å². The zero-order chi connectivity index (χ0) is 15.9. The van der Waals surface area contributed by atoms with Gasteiger partial charge in [0.1, 0.15) is 5.82 Å². The van der Waals surface area contributed by atoms with E-state index in [-0.39, 0.29) is 23.2 Å². The van der Waals surface area contributed by atoms with E-state index in [1.807, 2.05) is 0 Å². The molecular weight excluding hydrogens is 299 g/mol. The second kappa shape index (κ2) is 4.86. The molecule has 0 aliphatic rings. The monoisotopic (exact) mass is 309 g/mol. The van der Waals surface area contributed by atoms with Crippen LogP contribution < -0.4 is 5.73 Å². The normalized spacial score (nSPS) is 11.8. The summed E-state index contributed by atoms with van der Waals surface area (Å²) >= 11 is 0. The highest BCUT2D eigenvalue weighted by Gasteiger charge is 2.34. The van der Waals surface area contributed by atoms with E-state index < -0.39 is 11.9 Å². The van der Waals surface area contributed by atoms with Crippen molar-refractivity contribution in [2.75, 3.05) is 5.73 Å². The van der Waals surface area contributed by atoms with Crippen molar-refractivity contribution in [3.8, 4) is 17.4 Å². The van der Waals surface area contributed by atoms with E-state index in [1.165, 1.54) is 19.3 Å². The molecule has 0 unspecified atom stereocenters. The third kappa shape index (κ3) is 2.52. The number of alkyl halides is 3. The number of furan rings is 1. The van der Waals surface area contributed by atoms with Gasteiger partial charge in [-0.25, -0.2) is 14.6 Å². The highest BCUT2D eigenvalue weighted by molar-refractivity contribution is 5.52. The molecule has 6 nitrogen and oxygen atoms in total. The highest BCUT2D eigenvalue weighted by atomic mass is 19.4. The van der Waals surface area contributed by atoms with Crippen molar-refractivity contribution in [2.45, 2.75) is 13.1 Å². The summed E-state index contributed by atoms with van der Waals surface area (Å²) in [6, 6.07) is 5.54. The molecule has 114 valence electrons. The number of anilines is 1. The molecule has 3 aromatic heterocycles. The Morgan fingerprint density at radius 2 is 2.00 bits per heavy atom. The number of hydrogen-bond donors (Lipinski definition) is 1. The smallest absolute Gasteiger partial charge is 0.435 e. The second-order valence-electron chi connectivity index (χ2n) is 4.53. The minimum Gasteiger partial charge on any atom is -0.461 e. The van der Waals surface area contributed by atoms with Gasteiger partial charge in [0.05, 0.1) is 6.26 Å². The van der Waals surface area contributed by atoms with Gasteiger partial charge in [-0.2, -0.15) is 18.3 Å². The number of rotatable bonds is 2. The molecule has 3 rings (SSSR count). The van der Waals surface area contributed by atoms with Crippen LogP contribution in [0.1, 0.15) is 11.4 Å². The van der Waals surface area contributed by atoms with Crippen molar-refractivity contribution < 1.29 is 17.6 Å². The van der Waals surface area contributed by atoms with Crippen molar-refractivity contribution >= 4 is 5.82 Å². The van der Waals surface area contributed by atoms with Crippen molar-refractivity contribution in [1.29, 1.82) is 0 Å². The summed E-state index contributed by atoms with van der Waals surface area (Å²) in [6.45, 7) is 1.49. The first kappa shape index (κ1) is 14.1. The highest BCUT2D eigenvalue weighted by Crippen LogP contribution is 2.29. The van der Waals surface area contributed by atoms with E-state index in [4.69, 9.17) is 10.2 Å². The van der Waals surface area contributed by atoms with Crippen molar-refractivity contribution in [3.63, 3.8) is 0 Å². The average Bonchev–Trinajstić information content (AvgIpc) is 3.06. The van der Waals surface area contributed by atoms with Crippen LogP contribution in [-0.2, 0) is 6.18 Å². The molecule has 22 heavy (non-hydrogen) atoms. The SMILES string of the molecule is Cc1cc(C(F)(F)F)nn1-c1cc(N)nc(-c2ccco2)n1. The first-order valence-corrected chi connectivity index (χ1v) is 6.17. The maximum atomic E-state index is 12.7. The van der Waals surface area contributed by atoms with E-state index in [1.54, 1.807) is 12.1 Å². The Morgan fingerprint density at radius 1 is 1.23 bits per heavy atom. The maximum absolute atomic E-state index is 12.7. The Hall–Kier alpha value is -2.84.